The summed E-state index contributed by atoms with van der Waals surface area (Å²) >= 11 is 0. The number of benzene rings is 1. The largest absolute Gasteiger partial charge is 0.294 e. The van der Waals surface area contributed by atoms with E-state index < -0.39 is 0 Å². The Hall–Kier alpha value is -1.18. The van der Waals surface area contributed by atoms with Crippen LogP contribution in [0.2, 0.25) is 0 Å². The number of carbonyl (C=O) groups excluding carboxylic acids is 1. The normalized spacial score (nSPS) is 18.9. The van der Waals surface area contributed by atoms with Crippen LogP contribution in [0.5, 0.6) is 0 Å². The Morgan fingerprint density at radius 2 is 1.55 bits per heavy atom. The Morgan fingerprint density at radius 1 is 1.00 bits per heavy atom. The van der Waals surface area contributed by atoms with Crippen molar-refractivity contribution < 1.29 is 9.18 Å². The molecule has 2 heteroatoms. The van der Waals surface area contributed by atoms with Crippen molar-refractivity contribution >= 4 is 5.78 Å². The minimum atomic E-state index is -0.353. The van der Waals surface area contributed by atoms with E-state index in [4.69, 9.17) is 0 Å². The van der Waals surface area contributed by atoms with Crippen molar-refractivity contribution in [1.82, 2.24) is 0 Å². The molecule has 0 aliphatic heterocycles. The van der Waals surface area contributed by atoms with Gasteiger partial charge >= 0.3 is 0 Å². The van der Waals surface area contributed by atoms with E-state index in [1.54, 1.807) is 0 Å². The van der Waals surface area contributed by atoms with Crippen LogP contribution in [0.15, 0.2) is 12.1 Å². The van der Waals surface area contributed by atoms with Gasteiger partial charge in [0.25, 0.3) is 0 Å². The lowest BCUT2D eigenvalue weighted by Crippen LogP contribution is -2.15. The number of aryl methyl sites for hydroxylation is 2. The van der Waals surface area contributed by atoms with E-state index in [1.807, 2.05) is 26.8 Å². The van der Waals surface area contributed by atoms with Crippen LogP contribution in [0.1, 0.15) is 134 Å². The van der Waals surface area contributed by atoms with Gasteiger partial charge in [-0.2, -0.15) is 0 Å². The van der Waals surface area contributed by atoms with Gasteiger partial charge in [0.2, 0.25) is 0 Å². The number of hydrogen-bond donors (Lipinski definition) is 0. The van der Waals surface area contributed by atoms with Crippen LogP contribution < -0.4 is 0 Å². The lowest BCUT2D eigenvalue weighted by Gasteiger charge is -2.28. The molecule has 1 nitrogen and oxygen atoms in total. The lowest BCUT2D eigenvalue weighted by atomic mass is 9.78. The Kier molecular flexibility index (Phi) is 16.7. The van der Waals surface area contributed by atoms with Crippen molar-refractivity contribution in [3.63, 3.8) is 0 Å². The summed E-state index contributed by atoms with van der Waals surface area (Å²) in [6.45, 7) is 16.4. The summed E-state index contributed by atoms with van der Waals surface area (Å²) in [5, 5.41) is 0. The molecule has 1 aliphatic rings. The lowest BCUT2D eigenvalue weighted by molar-refractivity contribution is 0.101. The molecular formula is C29H51FO. The summed E-state index contributed by atoms with van der Waals surface area (Å²) in [6.07, 6.45) is 13.9. The first kappa shape index (κ1) is 29.8. The number of Topliss-reactive ketones (excluding diaryl/α,β-unsaturated/α-hetero) is 1. The highest BCUT2D eigenvalue weighted by molar-refractivity contribution is 5.95. The van der Waals surface area contributed by atoms with Crippen molar-refractivity contribution in [2.24, 2.45) is 17.8 Å². The number of halogens is 1. The average molecular weight is 435 g/mol. The fourth-order valence-electron chi connectivity index (χ4n) is 4.68. The minimum Gasteiger partial charge on any atom is -0.294 e. The monoisotopic (exact) mass is 434 g/mol. The van der Waals surface area contributed by atoms with Gasteiger partial charge in [0.15, 0.2) is 5.78 Å². The van der Waals surface area contributed by atoms with Crippen molar-refractivity contribution in [1.29, 1.82) is 0 Å². The topological polar surface area (TPSA) is 17.1 Å². The maximum Gasteiger partial charge on any atom is 0.163 e. The summed E-state index contributed by atoms with van der Waals surface area (Å²) in [6, 6.07) is 3.46. The van der Waals surface area contributed by atoms with Crippen LogP contribution in [0.4, 0.5) is 4.39 Å². The highest BCUT2D eigenvalue weighted by Crippen LogP contribution is 2.34. The van der Waals surface area contributed by atoms with Gasteiger partial charge in [-0.15, -0.1) is 0 Å². The molecule has 1 fully saturated rings. The summed E-state index contributed by atoms with van der Waals surface area (Å²) in [4.78, 5) is 11.7. The van der Waals surface area contributed by atoms with E-state index >= 15 is 0 Å². The second kappa shape index (κ2) is 17.4. The molecule has 0 amide bonds. The predicted molar refractivity (Wildman–Crippen MR) is 136 cm³/mol. The van der Waals surface area contributed by atoms with Crippen molar-refractivity contribution in [3.8, 4) is 0 Å². The number of carbonyl (C=O) groups is 1. The summed E-state index contributed by atoms with van der Waals surface area (Å²) in [5.41, 5.74) is 2.12. The van der Waals surface area contributed by atoms with Crippen LogP contribution >= 0.6 is 0 Å². The molecule has 1 aliphatic carbocycles. The fraction of sp³-hybridized carbons (Fsp3) is 0.759. The zero-order chi connectivity index (χ0) is 23.8. The molecule has 0 saturated heterocycles. The Balaban J connectivity index is 0.000000852. The summed E-state index contributed by atoms with van der Waals surface area (Å²) in [5.74, 6) is 2.11. The van der Waals surface area contributed by atoms with Gasteiger partial charge in [0, 0.05) is 0 Å². The van der Waals surface area contributed by atoms with E-state index in [1.165, 1.54) is 70.8 Å². The molecule has 1 atom stereocenters. The third kappa shape index (κ3) is 11.9. The van der Waals surface area contributed by atoms with Crippen LogP contribution in [-0.2, 0) is 6.42 Å². The van der Waals surface area contributed by atoms with Crippen LogP contribution in [0, 0.1) is 30.5 Å². The van der Waals surface area contributed by atoms with E-state index in [9.17, 15) is 9.18 Å². The van der Waals surface area contributed by atoms with Gasteiger partial charge in [-0.1, -0.05) is 105 Å². The number of ketones is 1. The molecular weight excluding hydrogens is 383 g/mol. The van der Waals surface area contributed by atoms with E-state index in [0.717, 1.165) is 41.7 Å². The summed E-state index contributed by atoms with van der Waals surface area (Å²) in [7, 11) is 0. The first-order valence-electron chi connectivity index (χ1n) is 13.1. The van der Waals surface area contributed by atoms with Crippen LogP contribution in [0.25, 0.3) is 0 Å². The molecule has 0 radical (unpaired) electrons. The first-order valence-corrected chi connectivity index (χ1v) is 13.1. The van der Waals surface area contributed by atoms with Gasteiger partial charge in [-0.3, -0.25) is 4.79 Å². The molecule has 0 bridgehead atoms. The van der Waals surface area contributed by atoms with Gasteiger partial charge in [-0.05, 0) is 61.6 Å². The predicted octanol–water partition coefficient (Wildman–Crippen LogP) is 9.73. The highest BCUT2D eigenvalue weighted by atomic mass is 19.1. The molecule has 0 N–H and O–H groups in total. The Morgan fingerprint density at radius 3 is 1.97 bits per heavy atom. The van der Waals surface area contributed by atoms with Crippen LogP contribution in [-0.4, -0.2) is 5.78 Å². The van der Waals surface area contributed by atoms with Crippen molar-refractivity contribution in [2.75, 3.05) is 0 Å². The second-order valence-electron chi connectivity index (χ2n) is 9.35. The quantitative estimate of drug-likeness (QED) is 0.353. The Bertz CT molecular complexity index is 599. The van der Waals surface area contributed by atoms with E-state index in [-0.39, 0.29) is 11.6 Å². The van der Waals surface area contributed by atoms with Gasteiger partial charge < -0.3 is 0 Å². The second-order valence-corrected chi connectivity index (χ2v) is 9.35. The molecule has 2 rings (SSSR count). The summed E-state index contributed by atoms with van der Waals surface area (Å²) < 4.78 is 14.0. The maximum absolute atomic E-state index is 14.0. The van der Waals surface area contributed by atoms with E-state index in [0.29, 0.717) is 5.56 Å². The zero-order valence-corrected chi connectivity index (χ0v) is 22.0. The minimum absolute atomic E-state index is 0.154. The smallest absolute Gasteiger partial charge is 0.163 e. The fourth-order valence-corrected chi connectivity index (χ4v) is 4.68. The van der Waals surface area contributed by atoms with Gasteiger partial charge in [0.1, 0.15) is 5.82 Å². The average Bonchev–Trinajstić information content (AvgIpc) is 2.74. The molecule has 0 heterocycles. The highest BCUT2D eigenvalue weighted by Gasteiger charge is 2.21. The van der Waals surface area contributed by atoms with Gasteiger partial charge in [-0.25, -0.2) is 4.39 Å². The SMILES string of the molecule is CC.CCCC(C)CC.CCCC1CCC(CCc2cc(C)cc(F)c2C(C)=O)CC1. The molecule has 1 aromatic carbocycles. The van der Waals surface area contributed by atoms with Gasteiger partial charge in [0.05, 0.1) is 5.56 Å². The molecule has 1 aromatic rings. The van der Waals surface area contributed by atoms with Crippen molar-refractivity contribution in [3.05, 3.63) is 34.6 Å². The third-order valence-electron chi connectivity index (χ3n) is 6.63. The number of hydrogen-bond acceptors (Lipinski definition) is 1. The third-order valence-corrected chi connectivity index (χ3v) is 6.63. The molecule has 0 spiro atoms. The van der Waals surface area contributed by atoms with E-state index in [2.05, 4.69) is 27.7 Å². The molecule has 0 aromatic heterocycles. The molecule has 180 valence electrons. The van der Waals surface area contributed by atoms with Crippen LogP contribution in [0.3, 0.4) is 0 Å². The number of rotatable bonds is 9. The maximum atomic E-state index is 14.0. The Labute approximate surface area is 193 Å². The molecule has 1 saturated carbocycles. The van der Waals surface area contributed by atoms with Crippen molar-refractivity contribution in [2.45, 2.75) is 126 Å². The molecule has 31 heavy (non-hydrogen) atoms. The zero-order valence-electron chi connectivity index (χ0n) is 22.0. The molecule has 1 unspecified atom stereocenters. The first-order chi connectivity index (χ1) is 14.8. The standard InChI is InChI=1S/C20H29FO.C7H16.C2H6/c1-4-5-16-6-8-17(9-7-16)10-11-18-12-14(2)13-19(21)20(18)15(3)22;1-4-6-7(3)5-2;1-2/h12-13,16-17H,4-11H2,1-3H3;7H,4-6H2,1-3H3;1-2H3.